The van der Waals surface area contributed by atoms with Crippen LogP contribution in [0.2, 0.25) is 0 Å². The quantitative estimate of drug-likeness (QED) is 0.796. The summed E-state index contributed by atoms with van der Waals surface area (Å²) in [6.07, 6.45) is 3.09. The van der Waals surface area contributed by atoms with Gasteiger partial charge in [0.25, 0.3) is 0 Å². The lowest BCUT2D eigenvalue weighted by Gasteiger charge is -1.97. The van der Waals surface area contributed by atoms with Crippen molar-refractivity contribution in [2.24, 2.45) is 4.99 Å². The summed E-state index contributed by atoms with van der Waals surface area (Å²) in [5, 5.41) is 12.2. The Balaban J connectivity index is 0.000000171. The van der Waals surface area contributed by atoms with Crippen LogP contribution in [-0.4, -0.2) is 11.8 Å². The topological polar surface area (TPSA) is 69.1 Å². The second kappa shape index (κ2) is 6.60. The fourth-order valence-electron chi connectivity index (χ4n) is 1.29. The van der Waals surface area contributed by atoms with Crippen molar-refractivity contribution in [2.45, 2.75) is 20.3 Å². The molecule has 0 aromatic heterocycles. The number of rotatable bonds is 2. The Morgan fingerprint density at radius 3 is 2.29 bits per heavy atom. The predicted molar refractivity (Wildman–Crippen MR) is 64.2 cm³/mol. The highest BCUT2D eigenvalue weighted by molar-refractivity contribution is 5.85. The first-order valence-electron chi connectivity index (χ1n) is 5.49. The zero-order valence-corrected chi connectivity index (χ0v) is 10.0. The number of nitrogens with two attached hydrogens (primary N) is 1. The van der Waals surface area contributed by atoms with E-state index in [1.54, 1.807) is 18.2 Å². The van der Waals surface area contributed by atoms with E-state index in [1.165, 1.54) is 18.0 Å². The Hall–Kier alpha value is -1.94. The van der Waals surface area contributed by atoms with Gasteiger partial charge in [0.15, 0.2) is 0 Å². The minimum absolute atomic E-state index is 0.220. The van der Waals surface area contributed by atoms with Gasteiger partial charge in [-0.3, -0.25) is 5.32 Å². The third-order valence-electron chi connectivity index (χ3n) is 2.21. The van der Waals surface area contributed by atoms with Crippen LogP contribution < -0.4 is 10.4 Å². The average molecular weight is 232 g/mol. The Morgan fingerprint density at radius 2 is 2.00 bits per heavy atom. The Kier molecular flexibility index (Phi) is 5.10. The van der Waals surface area contributed by atoms with Crippen LogP contribution in [0.1, 0.15) is 30.6 Å². The van der Waals surface area contributed by atoms with Crippen LogP contribution in [0.25, 0.3) is 0 Å². The molecule has 0 unspecified atom stereocenters. The molecule has 2 N–H and O–H groups in total. The number of hydrogen-bond donors (Lipinski definition) is 1. The second-order valence-electron chi connectivity index (χ2n) is 3.58. The van der Waals surface area contributed by atoms with Gasteiger partial charge in [0.05, 0.1) is 11.7 Å². The zero-order chi connectivity index (χ0) is 12.7. The van der Waals surface area contributed by atoms with E-state index >= 15 is 0 Å². The van der Waals surface area contributed by atoms with Crippen molar-refractivity contribution in [3.05, 3.63) is 47.8 Å². The van der Waals surface area contributed by atoms with Gasteiger partial charge in [-0.25, -0.2) is 0 Å². The Morgan fingerprint density at radius 1 is 1.35 bits per heavy atom. The van der Waals surface area contributed by atoms with Crippen LogP contribution in [0.15, 0.2) is 47.2 Å². The first kappa shape index (κ1) is 13.1. The van der Waals surface area contributed by atoms with E-state index in [0.29, 0.717) is 0 Å². The van der Waals surface area contributed by atoms with E-state index in [1.807, 2.05) is 13.1 Å². The minimum atomic E-state index is -1.13. The summed E-state index contributed by atoms with van der Waals surface area (Å²) in [5.74, 6) is 0.0677. The van der Waals surface area contributed by atoms with Crippen LogP contribution >= 0.6 is 0 Å². The first-order chi connectivity index (χ1) is 8.13. The molecule has 0 amide bonds. The van der Waals surface area contributed by atoms with Crippen molar-refractivity contribution >= 4 is 11.8 Å². The fourth-order valence-corrected chi connectivity index (χ4v) is 1.29. The molecule has 17 heavy (non-hydrogen) atoms. The summed E-state index contributed by atoms with van der Waals surface area (Å²) in [7, 11) is 0. The highest BCUT2D eigenvalue weighted by atomic mass is 16.4. The molecule has 2 rings (SSSR count). The van der Waals surface area contributed by atoms with Gasteiger partial charge in [-0.15, -0.1) is 0 Å². The molecule has 1 aromatic rings. The molecule has 0 radical (unpaired) electrons. The zero-order valence-electron chi connectivity index (χ0n) is 10.0. The molecule has 1 aromatic carbocycles. The van der Waals surface area contributed by atoms with Gasteiger partial charge in [0.2, 0.25) is 5.84 Å². The van der Waals surface area contributed by atoms with Gasteiger partial charge in [0, 0.05) is 6.42 Å². The molecule has 4 nitrogen and oxygen atoms in total. The molecular weight excluding hydrogens is 216 g/mol. The van der Waals surface area contributed by atoms with Gasteiger partial charge in [0.1, 0.15) is 6.20 Å². The highest BCUT2D eigenvalue weighted by Crippen LogP contribution is 1.95. The molecule has 90 valence electrons. The van der Waals surface area contributed by atoms with Crippen molar-refractivity contribution in [2.75, 3.05) is 0 Å². The number of benzene rings is 1. The first-order valence-corrected chi connectivity index (χ1v) is 5.49. The Labute approximate surface area is 101 Å². The monoisotopic (exact) mass is 232 g/mol. The van der Waals surface area contributed by atoms with Gasteiger partial charge < -0.3 is 9.90 Å². The maximum absolute atomic E-state index is 10.1. The summed E-state index contributed by atoms with van der Waals surface area (Å²) in [6.45, 7) is 4.13. The highest BCUT2D eigenvalue weighted by Gasteiger charge is 2.05. The maximum Gasteiger partial charge on any atom is 0.204 e. The maximum atomic E-state index is 10.1. The van der Waals surface area contributed by atoms with Crippen LogP contribution in [0, 0.1) is 0 Å². The number of allylic oxidation sites excluding steroid dienone is 1. The van der Waals surface area contributed by atoms with Crippen molar-refractivity contribution < 1.29 is 15.2 Å². The molecule has 0 aliphatic carbocycles. The molecule has 0 spiro atoms. The summed E-state index contributed by atoms with van der Waals surface area (Å²) in [5.41, 5.74) is 1.35. The summed E-state index contributed by atoms with van der Waals surface area (Å²) in [6, 6.07) is 8.06. The van der Waals surface area contributed by atoms with E-state index in [-0.39, 0.29) is 5.56 Å². The molecule has 1 heterocycles. The SMILES string of the molecule is CCC1=NC(C)=C[NH2+]1.O=C([O-])c1ccccc1. The fraction of sp³-hybridized carbons (Fsp3) is 0.231. The van der Waals surface area contributed by atoms with E-state index < -0.39 is 5.97 Å². The number of carboxylic acid groups (broad SMARTS) is 1. The van der Waals surface area contributed by atoms with Crippen molar-refractivity contribution in [3.63, 3.8) is 0 Å². The molecule has 0 bridgehead atoms. The lowest BCUT2D eigenvalue weighted by Crippen LogP contribution is -2.80. The molecule has 0 saturated heterocycles. The van der Waals surface area contributed by atoms with Crippen LogP contribution in [0.4, 0.5) is 0 Å². The van der Waals surface area contributed by atoms with Gasteiger partial charge >= 0.3 is 0 Å². The third kappa shape index (κ3) is 4.61. The van der Waals surface area contributed by atoms with Gasteiger partial charge in [-0.2, -0.15) is 4.99 Å². The summed E-state index contributed by atoms with van der Waals surface area (Å²) >= 11 is 0. The summed E-state index contributed by atoms with van der Waals surface area (Å²) < 4.78 is 0. The molecule has 1 aliphatic heterocycles. The average Bonchev–Trinajstić information content (AvgIpc) is 2.77. The number of amidine groups is 1. The van der Waals surface area contributed by atoms with Crippen LogP contribution in [0.3, 0.4) is 0 Å². The Bertz CT molecular complexity index is 436. The van der Waals surface area contributed by atoms with E-state index in [0.717, 1.165) is 12.1 Å². The molecule has 4 heteroatoms. The van der Waals surface area contributed by atoms with E-state index in [4.69, 9.17) is 0 Å². The minimum Gasteiger partial charge on any atom is -0.545 e. The lowest BCUT2D eigenvalue weighted by molar-refractivity contribution is -0.460. The number of carbonyl (C=O) groups is 1. The number of aromatic carboxylic acids is 1. The number of carbonyl (C=O) groups excluding carboxylic acids is 1. The van der Waals surface area contributed by atoms with Crippen LogP contribution in [0.5, 0.6) is 0 Å². The van der Waals surface area contributed by atoms with E-state index in [2.05, 4.69) is 17.2 Å². The molecule has 0 atom stereocenters. The number of hydrogen-bond acceptors (Lipinski definition) is 3. The van der Waals surface area contributed by atoms with E-state index in [9.17, 15) is 9.90 Å². The molecule has 0 saturated carbocycles. The third-order valence-corrected chi connectivity index (χ3v) is 2.21. The van der Waals surface area contributed by atoms with Crippen molar-refractivity contribution in [1.29, 1.82) is 0 Å². The summed E-state index contributed by atoms with van der Waals surface area (Å²) in [4.78, 5) is 14.3. The normalized spacial score (nSPS) is 13.3. The van der Waals surface area contributed by atoms with Gasteiger partial charge in [-0.1, -0.05) is 37.3 Å². The second-order valence-corrected chi connectivity index (χ2v) is 3.58. The number of carboxylic acids is 1. The van der Waals surface area contributed by atoms with Gasteiger partial charge in [-0.05, 0) is 12.5 Å². The lowest BCUT2D eigenvalue weighted by atomic mass is 10.2. The molecule has 1 aliphatic rings. The molecule has 0 fully saturated rings. The van der Waals surface area contributed by atoms with Crippen molar-refractivity contribution in [3.8, 4) is 0 Å². The molecular formula is C13H16N2O2. The largest absolute Gasteiger partial charge is 0.545 e. The number of nitrogens with zero attached hydrogens (tertiary/aromatic N) is 1. The van der Waals surface area contributed by atoms with Crippen molar-refractivity contribution in [1.82, 2.24) is 0 Å². The van der Waals surface area contributed by atoms with Crippen LogP contribution in [-0.2, 0) is 0 Å². The number of aliphatic imine (C=N–C) groups is 1. The standard InChI is InChI=1S/C7H6O2.C6H10N2/c8-7(9)6-4-2-1-3-5-6;1-3-6-7-4-5(2)8-6/h1-5H,(H,8,9);4H,3H2,1-2H3,(H,7,8). The predicted octanol–water partition coefficient (Wildman–Crippen LogP) is 0.283. The smallest absolute Gasteiger partial charge is 0.204 e. The number of quaternary nitrogens is 1.